The molecular weight excluding hydrogens is 292 g/mol. The molecule has 0 aliphatic carbocycles. The van der Waals surface area contributed by atoms with Gasteiger partial charge in [-0.15, -0.1) is 0 Å². The lowest BCUT2D eigenvalue weighted by Gasteiger charge is -2.29. The van der Waals surface area contributed by atoms with E-state index in [0.717, 1.165) is 22.1 Å². The second-order valence-corrected chi connectivity index (χ2v) is 5.80. The highest BCUT2D eigenvalue weighted by atomic mass is 16.5. The lowest BCUT2D eigenvalue weighted by molar-refractivity contribution is -0.139. The van der Waals surface area contributed by atoms with Crippen molar-refractivity contribution >= 4 is 22.6 Å². The third-order valence-electron chi connectivity index (χ3n) is 4.29. The van der Waals surface area contributed by atoms with Crippen molar-refractivity contribution in [3.8, 4) is 5.75 Å². The second kappa shape index (κ2) is 6.28. The van der Waals surface area contributed by atoms with Crippen molar-refractivity contribution < 1.29 is 14.3 Å². The number of nitrogens with one attached hydrogen (secondary N) is 1. The highest BCUT2D eigenvalue weighted by molar-refractivity contribution is 5.91. The summed E-state index contributed by atoms with van der Waals surface area (Å²) >= 11 is 0. The first-order valence-electron chi connectivity index (χ1n) is 7.71. The summed E-state index contributed by atoms with van der Waals surface area (Å²) in [6.45, 7) is 3.13. The Morgan fingerprint density at radius 2 is 1.96 bits per heavy atom. The number of carbonyl (C=O) groups is 2. The first kappa shape index (κ1) is 15.3. The fraction of sp³-hybridized carbons (Fsp3) is 0.333. The molecule has 0 radical (unpaired) electrons. The monoisotopic (exact) mass is 312 g/mol. The van der Waals surface area contributed by atoms with Crippen LogP contribution in [0.5, 0.6) is 5.75 Å². The quantitative estimate of drug-likeness (QED) is 0.942. The number of carbonyl (C=O) groups excluding carboxylic acids is 2. The minimum absolute atomic E-state index is 0.00675. The van der Waals surface area contributed by atoms with Crippen molar-refractivity contribution in [2.24, 2.45) is 0 Å². The van der Waals surface area contributed by atoms with Crippen LogP contribution in [0.3, 0.4) is 0 Å². The van der Waals surface area contributed by atoms with E-state index in [9.17, 15) is 9.59 Å². The van der Waals surface area contributed by atoms with E-state index in [2.05, 4.69) is 5.32 Å². The molecule has 0 bridgehead atoms. The number of hydrogen-bond donors (Lipinski definition) is 1. The molecule has 0 aromatic heterocycles. The van der Waals surface area contributed by atoms with Crippen LogP contribution < -0.4 is 10.1 Å². The van der Waals surface area contributed by atoms with E-state index in [0.29, 0.717) is 13.1 Å². The zero-order valence-electron chi connectivity index (χ0n) is 13.3. The summed E-state index contributed by atoms with van der Waals surface area (Å²) in [4.78, 5) is 25.7. The Morgan fingerprint density at radius 3 is 2.70 bits per heavy atom. The summed E-state index contributed by atoms with van der Waals surface area (Å²) in [7, 11) is 1.64. The molecule has 2 aromatic carbocycles. The van der Waals surface area contributed by atoms with Crippen molar-refractivity contribution in [3.63, 3.8) is 0 Å². The Kier molecular flexibility index (Phi) is 4.19. The number of rotatable bonds is 3. The number of nitrogens with zero attached hydrogens (tertiary/aromatic N) is 1. The molecule has 1 aliphatic heterocycles. The Bertz CT molecular complexity index is 757. The van der Waals surface area contributed by atoms with Gasteiger partial charge in [-0.05, 0) is 35.4 Å². The van der Waals surface area contributed by atoms with E-state index in [1.54, 1.807) is 12.0 Å². The summed E-state index contributed by atoms with van der Waals surface area (Å²) in [6, 6.07) is 11.9. The fourth-order valence-corrected chi connectivity index (χ4v) is 2.88. The van der Waals surface area contributed by atoms with Gasteiger partial charge in [-0.1, -0.05) is 24.3 Å². The predicted molar refractivity (Wildman–Crippen MR) is 88.5 cm³/mol. The summed E-state index contributed by atoms with van der Waals surface area (Å²) in [5.74, 6) is 0.441. The summed E-state index contributed by atoms with van der Waals surface area (Å²) in [5.41, 5.74) is 0.957. The van der Waals surface area contributed by atoms with Gasteiger partial charge in [0.15, 0.2) is 0 Å². The number of ether oxygens (including phenoxy) is 1. The lowest BCUT2D eigenvalue weighted by Crippen LogP contribution is -2.50. The summed E-state index contributed by atoms with van der Waals surface area (Å²) in [5, 5.41) is 4.88. The van der Waals surface area contributed by atoms with Crippen molar-refractivity contribution in [1.82, 2.24) is 10.2 Å². The van der Waals surface area contributed by atoms with Crippen molar-refractivity contribution in [3.05, 3.63) is 42.0 Å². The normalized spacial score (nSPS) is 16.1. The maximum absolute atomic E-state index is 12.6. The zero-order chi connectivity index (χ0) is 16.4. The van der Waals surface area contributed by atoms with E-state index in [1.165, 1.54) is 0 Å². The lowest BCUT2D eigenvalue weighted by atomic mass is 9.96. The van der Waals surface area contributed by atoms with E-state index in [-0.39, 0.29) is 24.3 Å². The van der Waals surface area contributed by atoms with Gasteiger partial charge in [-0.2, -0.15) is 0 Å². The molecule has 1 fully saturated rings. The van der Waals surface area contributed by atoms with Gasteiger partial charge >= 0.3 is 0 Å². The molecule has 0 saturated carbocycles. The van der Waals surface area contributed by atoms with Crippen LogP contribution >= 0.6 is 0 Å². The molecule has 1 heterocycles. The molecule has 120 valence electrons. The smallest absolute Gasteiger partial charge is 0.239 e. The zero-order valence-corrected chi connectivity index (χ0v) is 13.3. The van der Waals surface area contributed by atoms with E-state index in [4.69, 9.17) is 4.74 Å². The Labute approximate surface area is 135 Å². The number of fused-ring (bicyclic) bond motifs is 1. The van der Waals surface area contributed by atoms with Crippen molar-refractivity contribution in [2.45, 2.75) is 12.8 Å². The van der Waals surface area contributed by atoms with Gasteiger partial charge in [0.25, 0.3) is 0 Å². The highest BCUT2D eigenvalue weighted by Crippen LogP contribution is 2.26. The largest absolute Gasteiger partial charge is 0.497 e. The Balaban J connectivity index is 1.83. The molecule has 0 spiro atoms. The van der Waals surface area contributed by atoms with Crippen LogP contribution in [-0.4, -0.2) is 43.5 Å². The molecule has 1 N–H and O–H groups in total. The van der Waals surface area contributed by atoms with Crippen LogP contribution in [0.2, 0.25) is 0 Å². The topological polar surface area (TPSA) is 58.6 Å². The molecule has 0 unspecified atom stereocenters. The molecule has 1 aliphatic rings. The van der Waals surface area contributed by atoms with E-state index < -0.39 is 0 Å². The maximum atomic E-state index is 12.6. The number of methoxy groups -OCH3 is 1. The number of hydrogen-bond acceptors (Lipinski definition) is 3. The number of amides is 2. The second-order valence-electron chi connectivity index (χ2n) is 5.80. The van der Waals surface area contributed by atoms with Gasteiger partial charge in [0, 0.05) is 13.1 Å². The third kappa shape index (κ3) is 3.13. The first-order chi connectivity index (χ1) is 11.1. The third-order valence-corrected chi connectivity index (χ3v) is 4.29. The SMILES string of the molecule is COc1ccc2cc([C@@H](C)C(=O)N3CCNC(=O)C3)ccc2c1. The van der Waals surface area contributed by atoms with Gasteiger partial charge < -0.3 is 15.0 Å². The van der Waals surface area contributed by atoms with Crippen molar-refractivity contribution in [1.29, 1.82) is 0 Å². The fourth-order valence-electron chi connectivity index (χ4n) is 2.88. The molecule has 1 saturated heterocycles. The Hall–Kier alpha value is -2.56. The molecule has 1 atom stereocenters. The molecule has 3 rings (SSSR count). The minimum atomic E-state index is -0.271. The molecule has 2 aromatic rings. The van der Waals surface area contributed by atoms with Gasteiger partial charge in [0.05, 0.1) is 19.6 Å². The predicted octanol–water partition coefficient (Wildman–Crippen LogP) is 1.91. The van der Waals surface area contributed by atoms with Crippen LogP contribution in [0.1, 0.15) is 18.4 Å². The average molecular weight is 312 g/mol. The highest BCUT2D eigenvalue weighted by Gasteiger charge is 2.26. The van der Waals surface area contributed by atoms with Gasteiger partial charge in [0.1, 0.15) is 5.75 Å². The average Bonchev–Trinajstić information content (AvgIpc) is 2.59. The van der Waals surface area contributed by atoms with E-state index >= 15 is 0 Å². The maximum Gasteiger partial charge on any atom is 0.239 e. The number of benzene rings is 2. The van der Waals surface area contributed by atoms with Crippen LogP contribution in [0, 0.1) is 0 Å². The van der Waals surface area contributed by atoms with Crippen LogP contribution in [0.25, 0.3) is 10.8 Å². The molecule has 23 heavy (non-hydrogen) atoms. The van der Waals surface area contributed by atoms with Crippen LogP contribution in [-0.2, 0) is 9.59 Å². The summed E-state index contributed by atoms with van der Waals surface area (Å²) < 4.78 is 5.23. The van der Waals surface area contributed by atoms with E-state index in [1.807, 2.05) is 43.3 Å². The molecule has 5 heteroatoms. The minimum Gasteiger partial charge on any atom is -0.497 e. The van der Waals surface area contributed by atoms with Gasteiger partial charge in [-0.25, -0.2) is 0 Å². The van der Waals surface area contributed by atoms with Crippen molar-refractivity contribution in [2.75, 3.05) is 26.7 Å². The van der Waals surface area contributed by atoms with Crippen LogP contribution in [0.15, 0.2) is 36.4 Å². The number of piperazine rings is 1. The molecule has 5 nitrogen and oxygen atoms in total. The first-order valence-corrected chi connectivity index (χ1v) is 7.71. The van der Waals surface area contributed by atoms with Gasteiger partial charge in [-0.3, -0.25) is 9.59 Å². The standard InChI is InChI=1S/C18H20N2O3/c1-12(18(22)20-8-7-19-17(21)11-20)13-3-4-15-10-16(23-2)6-5-14(15)9-13/h3-6,9-10,12H,7-8,11H2,1-2H3,(H,19,21)/t12-/m1/s1. The van der Waals surface area contributed by atoms with Crippen LogP contribution in [0.4, 0.5) is 0 Å². The molecular formula is C18H20N2O3. The van der Waals surface area contributed by atoms with Gasteiger partial charge in [0.2, 0.25) is 11.8 Å². The Morgan fingerprint density at radius 1 is 1.22 bits per heavy atom. The molecule has 2 amide bonds. The summed E-state index contributed by atoms with van der Waals surface area (Å²) in [6.07, 6.45) is 0.